The van der Waals surface area contributed by atoms with Crippen LogP contribution < -0.4 is 24.8 Å². The van der Waals surface area contributed by atoms with Crippen LogP contribution in [0.15, 0.2) is 82.2 Å². The molecular formula is C64H81F6I3N7O17SV. The number of amides is 2. The van der Waals surface area contributed by atoms with Crippen LogP contribution in [0.4, 0.5) is 41.6 Å². The van der Waals surface area contributed by atoms with Gasteiger partial charge in [-0.3, -0.25) is 19.9 Å². The van der Waals surface area contributed by atoms with E-state index in [1.165, 1.54) is 80.6 Å². The predicted molar refractivity (Wildman–Crippen MR) is 384 cm³/mol. The number of non-ortho nitro benzene ring substituents is 1. The van der Waals surface area contributed by atoms with E-state index >= 15 is 0 Å². The zero-order chi connectivity index (χ0) is 74.5. The fourth-order valence-corrected chi connectivity index (χ4v) is 8.37. The molecule has 548 valence electrons. The molecule has 6 aromatic rings. The molecule has 0 spiro atoms. The summed E-state index contributed by atoms with van der Waals surface area (Å²) >= 11 is 8.66. The number of carbonyl (C=O) groups is 5. The van der Waals surface area contributed by atoms with E-state index in [4.69, 9.17) is 47.0 Å². The van der Waals surface area contributed by atoms with Crippen LogP contribution in [0.5, 0.6) is 17.2 Å². The van der Waals surface area contributed by atoms with Crippen molar-refractivity contribution in [3.63, 3.8) is 0 Å². The van der Waals surface area contributed by atoms with Gasteiger partial charge in [-0.05, 0) is 164 Å². The minimum absolute atomic E-state index is 0. The van der Waals surface area contributed by atoms with Crippen LogP contribution in [0.2, 0.25) is 0 Å². The molecule has 2 amide bonds. The van der Waals surface area contributed by atoms with Gasteiger partial charge in [-0.2, -0.15) is 26.3 Å². The Balaban J connectivity index is 0.000000506. The number of rotatable bonds is 19. The van der Waals surface area contributed by atoms with Crippen molar-refractivity contribution in [3.8, 4) is 28.7 Å². The number of halogens is 9. The number of hydrogen-bond acceptors (Lipinski definition) is 22. The number of pyridine rings is 2. The summed E-state index contributed by atoms with van der Waals surface area (Å²) in [6.07, 6.45) is -9.07. The third kappa shape index (κ3) is 31.0. The van der Waals surface area contributed by atoms with Crippen molar-refractivity contribution in [3.05, 3.63) is 111 Å². The minimum atomic E-state index is -4.68. The number of nitrogens with zero attached hydrogens (tertiary/aromatic N) is 5. The fourth-order valence-electron chi connectivity index (χ4n) is 7.77. The second kappa shape index (κ2) is 39.4. The molecule has 0 unspecified atom stereocenters. The molecule has 0 bridgehead atoms. The number of ether oxygens (including phenoxy) is 9. The number of alkyl carbamates (subject to hydrolysis) is 2. The Labute approximate surface area is 611 Å². The van der Waals surface area contributed by atoms with Gasteiger partial charge in [0.25, 0.3) is 5.69 Å². The van der Waals surface area contributed by atoms with Gasteiger partial charge in [0.2, 0.25) is 5.89 Å². The molecule has 35 heteroatoms. The number of hydrogen-bond donors (Lipinski definition) is 2. The van der Waals surface area contributed by atoms with E-state index in [1.807, 2.05) is 0 Å². The van der Waals surface area contributed by atoms with Gasteiger partial charge in [0.15, 0.2) is 17.5 Å². The van der Waals surface area contributed by atoms with Crippen LogP contribution in [0.1, 0.15) is 144 Å². The molecule has 0 aliphatic heterocycles. The van der Waals surface area contributed by atoms with E-state index in [0.29, 0.717) is 16.0 Å². The van der Waals surface area contributed by atoms with Crippen LogP contribution in [0.25, 0.3) is 33.3 Å². The van der Waals surface area contributed by atoms with Crippen molar-refractivity contribution >= 4 is 134 Å². The summed E-state index contributed by atoms with van der Waals surface area (Å²) in [5.74, 6) is -1.87. The summed E-state index contributed by atoms with van der Waals surface area (Å²) in [6, 6.07) is 13.3. The van der Waals surface area contributed by atoms with Gasteiger partial charge in [0.1, 0.15) is 63.5 Å². The first-order valence-corrected chi connectivity index (χ1v) is 44.0. The van der Waals surface area contributed by atoms with Crippen molar-refractivity contribution in [1.29, 1.82) is 0 Å². The SMILES string of the molecule is C.CC(C)(C)OC[C@H](NC(=O)OC(C)(C)C)C(=O)Oc1ccc([N+](=O)[O-])cc1.CCOC(=O)CN=C(SC)c1ccc(OC)c2nc(C(F)(F)F)ccc12.CCOC(=O)c1nc(-c2ccc(OC)c3nc(C(F)(F)F)ccc23)oc1[C@@H](COC(C)(C)C)NC(=O)OC(C)(C)C.[I][V]([I])[I]. The van der Waals surface area contributed by atoms with E-state index in [9.17, 15) is 60.4 Å². The second-order valence-electron chi connectivity index (χ2n) is 24.0. The van der Waals surface area contributed by atoms with E-state index in [2.05, 4.69) is 90.5 Å². The Bertz CT molecular complexity index is 3730. The Hall–Kier alpha value is -6.07. The number of fused-ring (bicyclic) bond motifs is 2. The average Bonchev–Trinajstić information content (AvgIpc) is 1.76. The molecular weight excluding hydrogens is 1720 g/mol. The number of aromatic nitrogens is 3. The van der Waals surface area contributed by atoms with Crippen LogP contribution in [0.3, 0.4) is 0 Å². The molecule has 3 heterocycles. The van der Waals surface area contributed by atoms with Gasteiger partial charge in [-0.1, -0.05) is 7.43 Å². The van der Waals surface area contributed by atoms with E-state index in [1.54, 1.807) is 109 Å². The first kappa shape index (κ1) is 89.0. The van der Waals surface area contributed by atoms with E-state index in [0.717, 1.165) is 12.1 Å². The summed E-state index contributed by atoms with van der Waals surface area (Å²) in [5, 5.41) is 16.9. The summed E-state index contributed by atoms with van der Waals surface area (Å²) in [4.78, 5) is 87.5. The van der Waals surface area contributed by atoms with Gasteiger partial charge in [0.05, 0.1) is 61.8 Å². The van der Waals surface area contributed by atoms with Crippen molar-refractivity contribution in [1.82, 2.24) is 25.6 Å². The standard InChI is InChI=1S/C28H34F3N3O7.C18H26N2O7.C17H17F3N2O3S.CH4.3HI.V/c1-9-38-24(35)21-22(17(14-39-26(2,3)4)32-25(36)41-27(5,6)7)40-23(34-21)16-10-12-18(37-8)20-15(16)11-13-19(33-20)28(29,30)31;1-17(2,3)25-11-14(19-16(22)27-18(4,5)6)15(21)26-13-9-7-12(8-10-13)20(23)24;1-4-25-14(23)9-21-16(26-3)11-5-7-12(24-2)15-10(11)6-8-13(22-15)17(18,19)20;;;;;/h10-13,17H,9,14H2,1-8H3,(H,32,36);7-10,14H,11H2,1-6H3,(H,19,22);5-8H,4,9H2,1-3H3;1H4;3*1H;/q;;;;;;;+3/p-3/t17-;14-;;;;;;/m10....../s1. The first-order chi connectivity index (χ1) is 45.2. The summed E-state index contributed by atoms with van der Waals surface area (Å²) in [6.45, 7) is 24.1. The third-order valence-electron chi connectivity index (χ3n) is 11.7. The summed E-state index contributed by atoms with van der Waals surface area (Å²) in [5.41, 5.74) is -4.42. The normalized spacial score (nSPS) is 12.5. The van der Waals surface area contributed by atoms with Crippen molar-refractivity contribution in [2.45, 2.75) is 151 Å². The number of nitrogens with one attached hydrogen (secondary N) is 2. The number of methoxy groups -OCH3 is 2. The predicted octanol–water partition coefficient (Wildman–Crippen LogP) is 16.9. The molecule has 0 saturated carbocycles. The molecule has 0 saturated heterocycles. The second-order valence-corrected chi connectivity index (χ2v) is 60.2. The van der Waals surface area contributed by atoms with Crippen molar-refractivity contribution in [2.24, 2.45) is 4.99 Å². The quantitative estimate of drug-likeness (QED) is 0.00876. The van der Waals surface area contributed by atoms with Crippen molar-refractivity contribution in [2.75, 3.05) is 53.4 Å². The van der Waals surface area contributed by atoms with Gasteiger partial charge >= 0.3 is 107 Å². The Kier molecular flexibility index (Phi) is 35.4. The zero-order valence-corrected chi connectivity index (χ0v) is 65.2. The Morgan fingerprint density at radius 1 is 0.657 bits per heavy atom. The molecule has 6 rings (SSSR count). The van der Waals surface area contributed by atoms with Gasteiger partial charge in [-0.25, -0.2) is 34.1 Å². The number of esters is 3. The molecule has 0 aliphatic carbocycles. The average molecular weight is 1800 g/mol. The number of aliphatic imine (C=N–C) groups is 1. The van der Waals surface area contributed by atoms with Gasteiger partial charge in [0, 0.05) is 34.0 Å². The number of carbonyl (C=O) groups excluding carboxylic acids is 5. The Morgan fingerprint density at radius 3 is 1.59 bits per heavy atom. The number of nitro benzene ring substituents is 1. The molecule has 3 aromatic carbocycles. The molecule has 2 atom stereocenters. The summed E-state index contributed by atoms with van der Waals surface area (Å²) in [7, 11) is 2.67. The van der Waals surface area contributed by atoms with Crippen LogP contribution in [0, 0.1) is 10.1 Å². The molecule has 0 aliphatic rings. The van der Waals surface area contributed by atoms with Crippen LogP contribution >= 0.6 is 71.7 Å². The van der Waals surface area contributed by atoms with Crippen LogP contribution in [-0.2, 0) is 55.3 Å². The molecule has 24 nitrogen and oxygen atoms in total. The number of benzene rings is 3. The van der Waals surface area contributed by atoms with E-state index < -0.39 is 93.2 Å². The van der Waals surface area contributed by atoms with Gasteiger partial charge in [-0.15, -0.1) is 11.8 Å². The van der Waals surface area contributed by atoms with Crippen LogP contribution in [-0.4, -0.2) is 137 Å². The number of alkyl halides is 6. The summed E-state index contributed by atoms with van der Waals surface area (Å²) < 4.78 is 133. The van der Waals surface area contributed by atoms with Crippen molar-refractivity contribution < 1.29 is 107 Å². The topological polar surface area (TPSA) is 300 Å². The molecule has 0 fully saturated rings. The number of thioether (sulfide) groups is 1. The zero-order valence-electron chi connectivity index (χ0n) is 56.6. The van der Waals surface area contributed by atoms with E-state index in [-0.39, 0.29) is 108 Å². The molecule has 2 N–H and O–H groups in total. The first-order valence-electron chi connectivity index (χ1n) is 29.3. The fraction of sp³-hybridized carbons (Fsp3) is 0.484. The maximum absolute atomic E-state index is 13.4. The number of nitro groups is 1. The Morgan fingerprint density at radius 2 is 1.13 bits per heavy atom. The molecule has 3 aromatic heterocycles. The maximum atomic E-state index is 13.4. The molecule has 0 radical (unpaired) electrons. The monoisotopic (exact) mass is 1800 g/mol. The molecule has 99 heavy (non-hydrogen) atoms. The number of oxazole rings is 1. The third-order valence-corrected chi connectivity index (χ3v) is 12.4. The van der Waals surface area contributed by atoms with Gasteiger partial charge < -0.3 is 57.7 Å².